The number of nitrogens with one attached hydrogen (secondary N) is 3. The fourth-order valence-corrected chi connectivity index (χ4v) is 1.19. The lowest BCUT2D eigenvalue weighted by molar-refractivity contribution is -0.120. The van der Waals surface area contributed by atoms with Crippen molar-refractivity contribution in [2.24, 2.45) is 10.9 Å². The van der Waals surface area contributed by atoms with Crippen molar-refractivity contribution in [2.75, 3.05) is 26.7 Å². The lowest BCUT2D eigenvalue weighted by atomic mass is 10.1. The molecule has 0 rings (SSSR count). The van der Waals surface area contributed by atoms with Crippen LogP contribution in [0.4, 0.5) is 0 Å². The van der Waals surface area contributed by atoms with Gasteiger partial charge in [-0.05, 0) is 18.8 Å². The smallest absolute Gasteiger partial charge is 0.239 e. The molecule has 0 atom stereocenters. The standard InChI is InChI=1S/C12H26N4O.HI/c1-5-7-14-11(17)9-16-12(13-4)15-8-6-10(2)3;/h10H,5-9H2,1-4H3,(H,14,17)(H2,13,15,16);1H. The maximum absolute atomic E-state index is 11.3. The Morgan fingerprint density at radius 3 is 2.33 bits per heavy atom. The lowest BCUT2D eigenvalue weighted by Crippen LogP contribution is -2.43. The van der Waals surface area contributed by atoms with Crippen molar-refractivity contribution in [2.45, 2.75) is 33.6 Å². The quantitative estimate of drug-likeness (QED) is 0.360. The summed E-state index contributed by atoms with van der Waals surface area (Å²) >= 11 is 0. The van der Waals surface area contributed by atoms with Crippen LogP contribution in [-0.4, -0.2) is 38.5 Å². The average Bonchev–Trinajstić information content (AvgIpc) is 2.30. The molecular weight excluding hydrogens is 343 g/mol. The lowest BCUT2D eigenvalue weighted by Gasteiger charge is -2.12. The van der Waals surface area contributed by atoms with Gasteiger partial charge in [0.1, 0.15) is 0 Å². The number of hydrogen-bond acceptors (Lipinski definition) is 2. The third-order valence-electron chi connectivity index (χ3n) is 2.23. The molecule has 0 spiro atoms. The third-order valence-corrected chi connectivity index (χ3v) is 2.23. The molecule has 108 valence electrons. The van der Waals surface area contributed by atoms with E-state index in [0.29, 0.717) is 11.9 Å². The molecule has 0 radical (unpaired) electrons. The first kappa shape index (κ1) is 19.8. The summed E-state index contributed by atoms with van der Waals surface area (Å²) in [6, 6.07) is 0. The van der Waals surface area contributed by atoms with E-state index in [2.05, 4.69) is 34.8 Å². The Morgan fingerprint density at radius 2 is 1.83 bits per heavy atom. The van der Waals surface area contributed by atoms with Crippen molar-refractivity contribution in [3.8, 4) is 0 Å². The molecule has 0 fully saturated rings. The zero-order valence-electron chi connectivity index (χ0n) is 11.9. The number of rotatable bonds is 7. The molecule has 1 amide bonds. The number of aliphatic imine (C=N–C) groups is 1. The molecular formula is C12H27IN4O. The van der Waals surface area contributed by atoms with E-state index in [9.17, 15) is 4.79 Å². The minimum absolute atomic E-state index is 0. The monoisotopic (exact) mass is 370 g/mol. The third kappa shape index (κ3) is 11.9. The second-order valence-corrected chi connectivity index (χ2v) is 4.39. The van der Waals surface area contributed by atoms with E-state index < -0.39 is 0 Å². The Labute approximate surface area is 128 Å². The fraction of sp³-hybridized carbons (Fsp3) is 0.833. The van der Waals surface area contributed by atoms with Crippen LogP contribution in [0.1, 0.15) is 33.6 Å². The first-order chi connectivity index (χ1) is 8.10. The number of guanidine groups is 1. The van der Waals surface area contributed by atoms with Gasteiger partial charge in [-0.2, -0.15) is 0 Å². The first-order valence-electron chi connectivity index (χ1n) is 6.31. The van der Waals surface area contributed by atoms with Crippen molar-refractivity contribution in [1.29, 1.82) is 0 Å². The largest absolute Gasteiger partial charge is 0.356 e. The first-order valence-corrected chi connectivity index (χ1v) is 6.31. The highest BCUT2D eigenvalue weighted by molar-refractivity contribution is 14.0. The van der Waals surface area contributed by atoms with E-state index in [0.717, 1.165) is 25.9 Å². The predicted molar refractivity (Wildman–Crippen MR) is 87.5 cm³/mol. The van der Waals surface area contributed by atoms with Gasteiger partial charge in [0.25, 0.3) is 0 Å². The molecule has 0 aromatic rings. The molecule has 3 N–H and O–H groups in total. The van der Waals surface area contributed by atoms with Crippen molar-refractivity contribution in [1.82, 2.24) is 16.0 Å². The SMILES string of the molecule is CCCNC(=O)CNC(=NC)NCCC(C)C.I. The minimum Gasteiger partial charge on any atom is -0.356 e. The highest BCUT2D eigenvalue weighted by Crippen LogP contribution is 1.95. The van der Waals surface area contributed by atoms with Gasteiger partial charge < -0.3 is 16.0 Å². The zero-order valence-corrected chi connectivity index (χ0v) is 14.2. The van der Waals surface area contributed by atoms with Crippen LogP contribution >= 0.6 is 24.0 Å². The van der Waals surface area contributed by atoms with E-state index >= 15 is 0 Å². The summed E-state index contributed by atoms with van der Waals surface area (Å²) in [6.45, 7) is 8.24. The van der Waals surface area contributed by atoms with E-state index in [4.69, 9.17) is 0 Å². The van der Waals surface area contributed by atoms with E-state index in [1.54, 1.807) is 7.05 Å². The van der Waals surface area contributed by atoms with Crippen molar-refractivity contribution < 1.29 is 4.79 Å². The normalized spacial score (nSPS) is 10.8. The van der Waals surface area contributed by atoms with Crippen LogP contribution in [0.2, 0.25) is 0 Å². The minimum atomic E-state index is -0.00124. The maximum Gasteiger partial charge on any atom is 0.239 e. The Balaban J connectivity index is 0. The molecule has 0 aromatic heterocycles. The summed E-state index contributed by atoms with van der Waals surface area (Å²) < 4.78 is 0. The van der Waals surface area contributed by atoms with Crippen molar-refractivity contribution in [3.63, 3.8) is 0 Å². The summed E-state index contributed by atoms with van der Waals surface area (Å²) in [5, 5.41) is 8.95. The fourth-order valence-electron chi connectivity index (χ4n) is 1.19. The highest BCUT2D eigenvalue weighted by Gasteiger charge is 2.02. The van der Waals surface area contributed by atoms with Crippen LogP contribution in [0.25, 0.3) is 0 Å². The zero-order chi connectivity index (χ0) is 13.1. The Bertz CT molecular complexity index is 244. The van der Waals surface area contributed by atoms with Crippen LogP contribution in [0.5, 0.6) is 0 Å². The molecule has 0 aliphatic heterocycles. The van der Waals surface area contributed by atoms with Crippen molar-refractivity contribution >= 4 is 35.8 Å². The summed E-state index contributed by atoms with van der Waals surface area (Å²) in [5.74, 6) is 1.34. The molecule has 0 aliphatic rings. The summed E-state index contributed by atoms with van der Waals surface area (Å²) in [6.07, 6.45) is 2.04. The average molecular weight is 370 g/mol. The van der Waals surface area contributed by atoms with Gasteiger partial charge in [0.15, 0.2) is 5.96 Å². The number of carbonyl (C=O) groups is 1. The molecule has 0 aliphatic carbocycles. The van der Waals surface area contributed by atoms with Gasteiger partial charge in [0.2, 0.25) is 5.91 Å². The molecule has 5 nitrogen and oxygen atoms in total. The van der Waals surface area contributed by atoms with Gasteiger partial charge in [-0.15, -0.1) is 24.0 Å². The second-order valence-electron chi connectivity index (χ2n) is 4.39. The van der Waals surface area contributed by atoms with E-state index in [-0.39, 0.29) is 36.4 Å². The van der Waals surface area contributed by atoms with E-state index in [1.807, 2.05) is 6.92 Å². The highest BCUT2D eigenvalue weighted by atomic mass is 127. The molecule has 0 unspecified atom stereocenters. The van der Waals surface area contributed by atoms with Crippen LogP contribution in [-0.2, 0) is 4.79 Å². The molecule has 18 heavy (non-hydrogen) atoms. The van der Waals surface area contributed by atoms with Gasteiger partial charge in [-0.1, -0.05) is 20.8 Å². The number of halogens is 1. The van der Waals surface area contributed by atoms with Crippen LogP contribution < -0.4 is 16.0 Å². The summed E-state index contributed by atoms with van der Waals surface area (Å²) in [4.78, 5) is 15.4. The molecule has 0 aromatic carbocycles. The van der Waals surface area contributed by atoms with Crippen LogP contribution in [0.3, 0.4) is 0 Å². The predicted octanol–water partition coefficient (Wildman–Crippen LogP) is 1.34. The molecule has 0 saturated carbocycles. The number of amides is 1. The second kappa shape index (κ2) is 12.9. The number of hydrogen-bond donors (Lipinski definition) is 3. The van der Waals surface area contributed by atoms with Gasteiger partial charge in [-0.3, -0.25) is 9.79 Å². The van der Waals surface area contributed by atoms with Gasteiger partial charge >= 0.3 is 0 Å². The van der Waals surface area contributed by atoms with Crippen LogP contribution in [0.15, 0.2) is 4.99 Å². The van der Waals surface area contributed by atoms with Crippen LogP contribution in [0, 0.1) is 5.92 Å². The Kier molecular flexibility index (Phi) is 14.2. The number of nitrogens with zero attached hydrogens (tertiary/aromatic N) is 1. The Hall–Kier alpha value is -0.530. The molecule has 0 saturated heterocycles. The number of carbonyl (C=O) groups excluding carboxylic acids is 1. The Morgan fingerprint density at radius 1 is 1.17 bits per heavy atom. The topological polar surface area (TPSA) is 65.5 Å². The molecule has 6 heteroatoms. The van der Waals surface area contributed by atoms with Gasteiger partial charge in [-0.25, -0.2) is 0 Å². The molecule has 0 heterocycles. The van der Waals surface area contributed by atoms with Gasteiger partial charge in [0, 0.05) is 20.1 Å². The van der Waals surface area contributed by atoms with Gasteiger partial charge in [0.05, 0.1) is 6.54 Å². The van der Waals surface area contributed by atoms with E-state index in [1.165, 1.54) is 0 Å². The maximum atomic E-state index is 11.3. The molecule has 0 bridgehead atoms. The van der Waals surface area contributed by atoms with Crippen molar-refractivity contribution in [3.05, 3.63) is 0 Å². The summed E-state index contributed by atoms with van der Waals surface area (Å²) in [7, 11) is 1.70. The summed E-state index contributed by atoms with van der Waals surface area (Å²) in [5.41, 5.74) is 0.